The van der Waals surface area contributed by atoms with Crippen LogP contribution in [0.15, 0.2) is 24.3 Å². The van der Waals surface area contributed by atoms with E-state index in [9.17, 15) is 0 Å². The quantitative estimate of drug-likeness (QED) is 0.557. The van der Waals surface area contributed by atoms with Crippen molar-refractivity contribution in [3.63, 3.8) is 0 Å². The van der Waals surface area contributed by atoms with Crippen LogP contribution in [-0.4, -0.2) is 38.1 Å². The SMILES string of the molecule is CN1CCN(c2ccc(C3OO3)cc2)CC1. The maximum absolute atomic E-state index is 4.77. The first kappa shape index (κ1) is 10.1. The van der Waals surface area contributed by atoms with E-state index in [0.717, 1.165) is 31.7 Å². The summed E-state index contributed by atoms with van der Waals surface area (Å²) in [6.45, 7) is 4.48. The van der Waals surface area contributed by atoms with Gasteiger partial charge in [-0.25, -0.2) is 0 Å². The van der Waals surface area contributed by atoms with Gasteiger partial charge in [0.25, 0.3) is 0 Å². The number of rotatable bonds is 2. The van der Waals surface area contributed by atoms with Crippen molar-refractivity contribution >= 4 is 5.69 Å². The van der Waals surface area contributed by atoms with Crippen molar-refractivity contribution in [2.75, 3.05) is 38.1 Å². The molecule has 0 unspecified atom stereocenters. The van der Waals surface area contributed by atoms with Crippen molar-refractivity contribution in [3.8, 4) is 0 Å². The van der Waals surface area contributed by atoms with E-state index in [-0.39, 0.29) is 6.29 Å². The summed E-state index contributed by atoms with van der Waals surface area (Å²) in [6, 6.07) is 8.44. The molecule has 0 aromatic heterocycles. The standard InChI is InChI=1S/C12H16N2O2/c1-13-6-8-14(9-7-13)11-4-2-10(3-5-11)12-15-16-12/h2-5,12H,6-9H2,1H3. The fourth-order valence-corrected chi connectivity index (χ4v) is 2.05. The maximum atomic E-state index is 4.77. The molecule has 86 valence electrons. The minimum atomic E-state index is -0.124. The molecule has 1 aromatic rings. The number of likely N-dealkylation sites (N-methyl/N-ethyl adjacent to an activating group) is 1. The Morgan fingerprint density at radius 1 is 1.00 bits per heavy atom. The van der Waals surface area contributed by atoms with Crippen molar-refractivity contribution in [1.82, 2.24) is 4.90 Å². The normalized spacial score (nSPS) is 22.4. The minimum absolute atomic E-state index is 0.124. The highest BCUT2D eigenvalue weighted by atomic mass is 17.4. The smallest absolute Gasteiger partial charge is 0.249 e. The molecule has 2 aliphatic rings. The van der Waals surface area contributed by atoms with Crippen molar-refractivity contribution in [2.45, 2.75) is 6.29 Å². The van der Waals surface area contributed by atoms with Gasteiger partial charge in [0.05, 0.1) is 0 Å². The van der Waals surface area contributed by atoms with Crippen molar-refractivity contribution in [3.05, 3.63) is 29.8 Å². The van der Waals surface area contributed by atoms with Crippen LogP contribution in [0.3, 0.4) is 0 Å². The minimum Gasteiger partial charge on any atom is -0.369 e. The third-order valence-electron chi connectivity index (χ3n) is 3.23. The zero-order valence-corrected chi connectivity index (χ0v) is 9.43. The first-order chi connectivity index (χ1) is 7.83. The molecule has 0 spiro atoms. The van der Waals surface area contributed by atoms with E-state index >= 15 is 0 Å². The van der Waals surface area contributed by atoms with Crippen LogP contribution in [0.2, 0.25) is 0 Å². The number of benzene rings is 1. The first-order valence-corrected chi connectivity index (χ1v) is 5.68. The zero-order valence-electron chi connectivity index (χ0n) is 9.43. The molecule has 0 saturated carbocycles. The summed E-state index contributed by atoms with van der Waals surface area (Å²) in [5.74, 6) is 0. The van der Waals surface area contributed by atoms with Crippen molar-refractivity contribution in [1.29, 1.82) is 0 Å². The van der Waals surface area contributed by atoms with Gasteiger partial charge in [-0.3, -0.25) is 0 Å². The molecule has 0 aliphatic carbocycles. The molecule has 0 radical (unpaired) electrons. The molecule has 0 amide bonds. The summed E-state index contributed by atoms with van der Waals surface area (Å²) >= 11 is 0. The third kappa shape index (κ3) is 2.04. The van der Waals surface area contributed by atoms with Gasteiger partial charge in [0, 0.05) is 37.4 Å². The van der Waals surface area contributed by atoms with E-state index in [4.69, 9.17) is 9.78 Å². The van der Waals surface area contributed by atoms with Gasteiger partial charge < -0.3 is 9.80 Å². The highest BCUT2D eigenvalue weighted by Gasteiger charge is 2.27. The molecule has 1 aromatic carbocycles. The van der Waals surface area contributed by atoms with E-state index in [1.165, 1.54) is 5.69 Å². The van der Waals surface area contributed by atoms with Crippen LogP contribution in [0.5, 0.6) is 0 Å². The lowest BCUT2D eigenvalue weighted by molar-refractivity contribution is 0.0850. The van der Waals surface area contributed by atoms with Crippen LogP contribution >= 0.6 is 0 Å². The number of piperazine rings is 1. The van der Waals surface area contributed by atoms with Gasteiger partial charge in [-0.1, -0.05) is 12.1 Å². The largest absolute Gasteiger partial charge is 0.369 e. The predicted molar refractivity (Wildman–Crippen MR) is 61.1 cm³/mol. The Balaban J connectivity index is 1.69. The molecule has 0 bridgehead atoms. The van der Waals surface area contributed by atoms with E-state index in [0.29, 0.717) is 0 Å². The van der Waals surface area contributed by atoms with Crippen LogP contribution in [0.1, 0.15) is 11.9 Å². The molecule has 0 N–H and O–H groups in total. The van der Waals surface area contributed by atoms with Crippen LogP contribution in [-0.2, 0) is 9.78 Å². The Bertz CT molecular complexity index is 354. The number of hydrogen-bond donors (Lipinski definition) is 0. The van der Waals surface area contributed by atoms with Gasteiger partial charge in [-0.05, 0) is 19.2 Å². The van der Waals surface area contributed by atoms with Gasteiger partial charge in [0.2, 0.25) is 6.29 Å². The van der Waals surface area contributed by atoms with E-state index in [1.54, 1.807) is 0 Å². The van der Waals surface area contributed by atoms with Crippen molar-refractivity contribution in [2.24, 2.45) is 0 Å². The van der Waals surface area contributed by atoms with Gasteiger partial charge in [-0.15, -0.1) is 0 Å². The molecule has 4 heteroatoms. The molecule has 3 rings (SSSR count). The topological polar surface area (TPSA) is 31.5 Å². The summed E-state index contributed by atoms with van der Waals surface area (Å²) in [5.41, 5.74) is 2.38. The molecular weight excluding hydrogens is 204 g/mol. The molecular formula is C12H16N2O2. The first-order valence-electron chi connectivity index (χ1n) is 5.68. The molecule has 2 saturated heterocycles. The van der Waals surface area contributed by atoms with Crippen molar-refractivity contribution < 1.29 is 9.78 Å². The molecule has 2 fully saturated rings. The van der Waals surface area contributed by atoms with Crippen LogP contribution in [0.25, 0.3) is 0 Å². The Morgan fingerprint density at radius 2 is 1.62 bits per heavy atom. The van der Waals surface area contributed by atoms with Gasteiger partial charge >= 0.3 is 0 Å². The van der Waals surface area contributed by atoms with Crippen LogP contribution in [0.4, 0.5) is 5.69 Å². The highest BCUT2D eigenvalue weighted by molar-refractivity contribution is 5.48. The number of hydrogen-bond acceptors (Lipinski definition) is 4. The average molecular weight is 220 g/mol. The zero-order chi connectivity index (χ0) is 11.0. The lowest BCUT2D eigenvalue weighted by atomic mass is 10.2. The lowest BCUT2D eigenvalue weighted by Crippen LogP contribution is -2.44. The second kappa shape index (κ2) is 4.05. The van der Waals surface area contributed by atoms with E-state index in [1.807, 2.05) is 0 Å². The molecule has 2 heterocycles. The molecule has 4 nitrogen and oxygen atoms in total. The molecule has 0 atom stereocenters. The van der Waals surface area contributed by atoms with Crippen LogP contribution < -0.4 is 4.90 Å². The summed E-state index contributed by atoms with van der Waals surface area (Å²) in [7, 11) is 2.17. The second-order valence-electron chi connectivity index (χ2n) is 4.41. The molecule has 16 heavy (non-hydrogen) atoms. The predicted octanol–water partition coefficient (Wildman–Crippen LogP) is 1.40. The monoisotopic (exact) mass is 220 g/mol. The average Bonchev–Trinajstić information content (AvgIpc) is 3.14. The summed E-state index contributed by atoms with van der Waals surface area (Å²) in [5, 5.41) is 0. The number of anilines is 1. The molecule has 2 aliphatic heterocycles. The van der Waals surface area contributed by atoms with Gasteiger partial charge in [0.15, 0.2) is 0 Å². The number of nitrogens with zero attached hydrogens (tertiary/aromatic N) is 2. The Hall–Kier alpha value is -1.10. The maximum Gasteiger partial charge on any atom is 0.249 e. The van der Waals surface area contributed by atoms with Gasteiger partial charge in [-0.2, -0.15) is 9.78 Å². The highest BCUT2D eigenvalue weighted by Crippen LogP contribution is 2.32. The summed E-state index contributed by atoms with van der Waals surface area (Å²) in [4.78, 5) is 14.3. The summed E-state index contributed by atoms with van der Waals surface area (Å²) < 4.78 is 0. The second-order valence-corrected chi connectivity index (χ2v) is 4.41. The lowest BCUT2D eigenvalue weighted by Gasteiger charge is -2.34. The summed E-state index contributed by atoms with van der Waals surface area (Å²) in [6.07, 6.45) is -0.124. The van der Waals surface area contributed by atoms with E-state index in [2.05, 4.69) is 41.1 Å². The van der Waals surface area contributed by atoms with E-state index < -0.39 is 0 Å². The third-order valence-corrected chi connectivity index (χ3v) is 3.23. The fourth-order valence-electron chi connectivity index (χ4n) is 2.05. The van der Waals surface area contributed by atoms with Crippen LogP contribution in [0, 0.1) is 0 Å². The van der Waals surface area contributed by atoms with Gasteiger partial charge in [0.1, 0.15) is 0 Å². The Labute approximate surface area is 95.3 Å². The Morgan fingerprint density at radius 3 is 2.19 bits per heavy atom. The Kier molecular flexibility index (Phi) is 2.55. The fraction of sp³-hybridized carbons (Fsp3) is 0.500.